The van der Waals surface area contributed by atoms with E-state index in [0.29, 0.717) is 11.3 Å². The van der Waals surface area contributed by atoms with Crippen LogP contribution in [0, 0.1) is 0 Å². The molecule has 0 saturated heterocycles. The Hall–Kier alpha value is -2.29. The highest BCUT2D eigenvalue weighted by atomic mass is 16.5. The Morgan fingerprint density at radius 1 is 1.15 bits per heavy atom. The normalized spacial score (nSPS) is 11.9. The van der Waals surface area contributed by atoms with Gasteiger partial charge in [-0.05, 0) is 18.1 Å². The topological polar surface area (TPSA) is 46.5 Å². The van der Waals surface area contributed by atoms with Gasteiger partial charge in [-0.25, -0.2) is 0 Å². The van der Waals surface area contributed by atoms with E-state index in [1.165, 1.54) is 5.56 Å². The molecule has 0 heterocycles. The predicted molar refractivity (Wildman–Crippen MR) is 78.3 cm³/mol. The molecule has 0 spiro atoms. The third kappa shape index (κ3) is 2.99. The van der Waals surface area contributed by atoms with E-state index in [0.717, 1.165) is 12.0 Å². The lowest BCUT2D eigenvalue weighted by atomic mass is 9.95. The van der Waals surface area contributed by atoms with Crippen LogP contribution in [-0.4, -0.2) is 18.2 Å². The molecule has 0 aliphatic carbocycles. The van der Waals surface area contributed by atoms with Crippen molar-refractivity contribution in [3.63, 3.8) is 0 Å². The molecule has 0 aliphatic heterocycles. The average Bonchev–Trinajstić information content (AvgIpc) is 2.47. The highest BCUT2D eigenvalue weighted by Crippen LogP contribution is 2.31. The van der Waals surface area contributed by atoms with Crippen LogP contribution in [0.3, 0.4) is 0 Å². The van der Waals surface area contributed by atoms with Crippen molar-refractivity contribution in [2.75, 3.05) is 7.11 Å². The number of carboxylic acids is 1. The molecule has 0 fully saturated rings. The SMILES string of the molecule is COc1c(Cc2ccccc2)cccc1C(C)C(=O)O. The molecule has 2 rings (SSSR count). The number of hydrogen-bond donors (Lipinski definition) is 1. The first-order valence-corrected chi connectivity index (χ1v) is 6.56. The predicted octanol–water partition coefficient (Wildman–Crippen LogP) is 3.47. The molecule has 1 N–H and O–H groups in total. The van der Waals surface area contributed by atoms with Crippen LogP contribution >= 0.6 is 0 Å². The van der Waals surface area contributed by atoms with Crippen molar-refractivity contribution >= 4 is 5.97 Å². The van der Waals surface area contributed by atoms with Gasteiger partial charge in [0.1, 0.15) is 5.75 Å². The largest absolute Gasteiger partial charge is 0.496 e. The van der Waals surface area contributed by atoms with Gasteiger partial charge in [-0.1, -0.05) is 48.5 Å². The number of methoxy groups -OCH3 is 1. The van der Waals surface area contributed by atoms with Crippen LogP contribution in [0.2, 0.25) is 0 Å². The molecule has 20 heavy (non-hydrogen) atoms. The summed E-state index contributed by atoms with van der Waals surface area (Å²) in [6, 6.07) is 15.7. The Bertz CT molecular complexity index is 590. The van der Waals surface area contributed by atoms with Gasteiger partial charge in [0.25, 0.3) is 0 Å². The smallest absolute Gasteiger partial charge is 0.310 e. The summed E-state index contributed by atoms with van der Waals surface area (Å²) in [5.41, 5.74) is 2.89. The quantitative estimate of drug-likeness (QED) is 0.904. The van der Waals surface area contributed by atoms with Gasteiger partial charge in [-0.15, -0.1) is 0 Å². The fourth-order valence-corrected chi connectivity index (χ4v) is 2.28. The van der Waals surface area contributed by atoms with Gasteiger partial charge in [0, 0.05) is 12.0 Å². The summed E-state index contributed by atoms with van der Waals surface area (Å²) >= 11 is 0. The molecular weight excluding hydrogens is 252 g/mol. The van der Waals surface area contributed by atoms with Gasteiger partial charge >= 0.3 is 5.97 Å². The van der Waals surface area contributed by atoms with Crippen molar-refractivity contribution < 1.29 is 14.6 Å². The van der Waals surface area contributed by atoms with Crippen molar-refractivity contribution in [3.8, 4) is 5.75 Å². The summed E-state index contributed by atoms with van der Waals surface area (Å²) in [6.45, 7) is 1.67. The minimum Gasteiger partial charge on any atom is -0.496 e. The minimum absolute atomic E-state index is 0.583. The molecular formula is C17H18O3. The maximum atomic E-state index is 11.2. The molecule has 0 aromatic heterocycles. The summed E-state index contributed by atoms with van der Waals surface area (Å²) in [4.78, 5) is 11.2. The lowest BCUT2D eigenvalue weighted by molar-refractivity contribution is -0.138. The third-order valence-corrected chi connectivity index (χ3v) is 3.41. The standard InChI is InChI=1S/C17H18O3/c1-12(17(18)19)15-10-6-9-14(16(15)20-2)11-13-7-4-3-5-8-13/h3-10,12H,11H2,1-2H3,(H,18,19). The number of ether oxygens (including phenoxy) is 1. The van der Waals surface area contributed by atoms with Gasteiger partial charge in [0.05, 0.1) is 13.0 Å². The summed E-state index contributed by atoms with van der Waals surface area (Å²) < 4.78 is 5.46. The van der Waals surface area contributed by atoms with Crippen LogP contribution in [0.25, 0.3) is 0 Å². The molecule has 3 nitrogen and oxygen atoms in total. The molecule has 0 radical (unpaired) electrons. The van der Waals surface area contributed by atoms with Crippen molar-refractivity contribution in [1.82, 2.24) is 0 Å². The molecule has 0 saturated carbocycles. The first kappa shape index (κ1) is 14.1. The number of carbonyl (C=O) groups is 1. The van der Waals surface area contributed by atoms with Crippen LogP contribution in [0.15, 0.2) is 48.5 Å². The number of aliphatic carboxylic acids is 1. The van der Waals surface area contributed by atoms with E-state index >= 15 is 0 Å². The van der Waals surface area contributed by atoms with Crippen molar-refractivity contribution in [2.45, 2.75) is 19.3 Å². The van der Waals surface area contributed by atoms with E-state index in [9.17, 15) is 9.90 Å². The number of para-hydroxylation sites is 1. The maximum Gasteiger partial charge on any atom is 0.310 e. The zero-order chi connectivity index (χ0) is 14.5. The first-order chi connectivity index (χ1) is 9.63. The molecule has 1 atom stereocenters. The summed E-state index contributed by atoms with van der Waals surface area (Å²) in [5.74, 6) is -0.757. The highest BCUT2D eigenvalue weighted by Gasteiger charge is 2.20. The molecule has 2 aromatic carbocycles. The molecule has 104 valence electrons. The summed E-state index contributed by atoms with van der Waals surface area (Å²) in [6.07, 6.45) is 0.726. The molecule has 1 unspecified atom stereocenters. The van der Waals surface area contributed by atoms with Crippen molar-refractivity contribution in [3.05, 3.63) is 65.2 Å². The molecule has 0 amide bonds. The highest BCUT2D eigenvalue weighted by molar-refractivity contribution is 5.77. The van der Waals surface area contributed by atoms with Gasteiger partial charge < -0.3 is 9.84 Å². The Kier molecular flexibility index (Phi) is 4.41. The lowest BCUT2D eigenvalue weighted by Gasteiger charge is -2.16. The average molecular weight is 270 g/mol. The van der Waals surface area contributed by atoms with E-state index in [-0.39, 0.29) is 0 Å². The van der Waals surface area contributed by atoms with E-state index in [4.69, 9.17) is 4.74 Å². The first-order valence-electron chi connectivity index (χ1n) is 6.56. The Labute approximate surface area is 118 Å². The molecule has 0 aliphatic rings. The Morgan fingerprint density at radius 3 is 2.45 bits per heavy atom. The number of benzene rings is 2. The number of carboxylic acid groups (broad SMARTS) is 1. The van der Waals surface area contributed by atoms with E-state index in [2.05, 4.69) is 0 Å². The summed E-state index contributed by atoms with van der Waals surface area (Å²) in [5, 5.41) is 9.18. The van der Waals surface area contributed by atoms with E-state index < -0.39 is 11.9 Å². The summed E-state index contributed by atoms with van der Waals surface area (Å²) in [7, 11) is 1.59. The number of hydrogen-bond acceptors (Lipinski definition) is 2. The van der Waals surface area contributed by atoms with Crippen LogP contribution in [0.4, 0.5) is 0 Å². The van der Waals surface area contributed by atoms with Crippen LogP contribution in [0.5, 0.6) is 5.75 Å². The van der Waals surface area contributed by atoms with Crippen molar-refractivity contribution in [1.29, 1.82) is 0 Å². The fourth-order valence-electron chi connectivity index (χ4n) is 2.28. The second kappa shape index (κ2) is 6.24. The van der Waals surface area contributed by atoms with Crippen LogP contribution < -0.4 is 4.74 Å². The zero-order valence-electron chi connectivity index (χ0n) is 11.7. The van der Waals surface area contributed by atoms with E-state index in [1.807, 2.05) is 48.5 Å². The van der Waals surface area contributed by atoms with Gasteiger partial charge in [0.2, 0.25) is 0 Å². The van der Waals surface area contributed by atoms with Gasteiger partial charge in [-0.3, -0.25) is 4.79 Å². The van der Waals surface area contributed by atoms with Gasteiger partial charge in [-0.2, -0.15) is 0 Å². The maximum absolute atomic E-state index is 11.2. The zero-order valence-corrected chi connectivity index (χ0v) is 11.7. The Morgan fingerprint density at radius 2 is 1.85 bits per heavy atom. The molecule has 3 heteroatoms. The van der Waals surface area contributed by atoms with Crippen LogP contribution in [0.1, 0.15) is 29.5 Å². The minimum atomic E-state index is -0.847. The van der Waals surface area contributed by atoms with E-state index in [1.54, 1.807) is 14.0 Å². The third-order valence-electron chi connectivity index (χ3n) is 3.41. The Balaban J connectivity index is 2.39. The van der Waals surface area contributed by atoms with Gasteiger partial charge in [0.15, 0.2) is 0 Å². The van der Waals surface area contributed by atoms with Crippen LogP contribution in [-0.2, 0) is 11.2 Å². The monoisotopic (exact) mass is 270 g/mol. The molecule has 0 bridgehead atoms. The lowest BCUT2D eigenvalue weighted by Crippen LogP contribution is -2.10. The van der Waals surface area contributed by atoms with Crippen molar-refractivity contribution in [2.24, 2.45) is 0 Å². The second-order valence-electron chi connectivity index (χ2n) is 4.76. The number of rotatable bonds is 5. The second-order valence-corrected chi connectivity index (χ2v) is 4.76. The fraction of sp³-hybridized carbons (Fsp3) is 0.235. The molecule has 2 aromatic rings.